The lowest BCUT2D eigenvalue weighted by Gasteiger charge is -2.17. The molecule has 0 aliphatic carbocycles. The predicted molar refractivity (Wildman–Crippen MR) is 79.9 cm³/mol. The minimum absolute atomic E-state index is 0.279. The smallest absolute Gasteiger partial charge is 0.0574 e. The quantitative estimate of drug-likeness (QED) is 0.843. The zero-order valence-corrected chi connectivity index (χ0v) is 11.8. The first kappa shape index (κ1) is 14.5. The summed E-state index contributed by atoms with van der Waals surface area (Å²) < 4.78 is 0. The van der Waals surface area contributed by atoms with Crippen LogP contribution in [-0.4, -0.2) is 7.05 Å². The highest BCUT2D eigenvalue weighted by Crippen LogP contribution is 2.21. The van der Waals surface area contributed by atoms with E-state index in [0.717, 1.165) is 0 Å². The molecular formula is C17H23N. The molecule has 2 rings (SSSR count). The fraction of sp³-hybridized carbons (Fsp3) is 0.294. The maximum absolute atomic E-state index is 3.35. The highest BCUT2D eigenvalue weighted by atomic mass is 14.9. The van der Waals surface area contributed by atoms with E-state index in [2.05, 4.69) is 60.8 Å². The minimum Gasteiger partial charge on any atom is -0.309 e. The molecule has 0 radical (unpaired) electrons. The van der Waals surface area contributed by atoms with Crippen molar-refractivity contribution in [3.63, 3.8) is 0 Å². The van der Waals surface area contributed by atoms with Crippen molar-refractivity contribution in [1.82, 2.24) is 5.32 Å². The van der Waals surface area contributed by atoms with Crippen molar-refractivity contribution in [3.8, 4) is 0 Å². The van der Waals surface area contributed by atoms with Gasteiger partial charge in [-0.3, -0.25) is 0 Å². The van der Waals surface area contributed by atoms with Crippen molar-refractivity contribution in [2.75, 3.05) is 7.05 Å². The zero-order valence-electron chi connectivity index (χ0n) is 11.8. The Bertz CT molecular complexity index is 431. The van der Waals surface area contributed by atoms with E-state index in [1.165, 1.54) is 16.7 Å². The van der Waals surface area contributed by atoms with Crippen LogP contribution in [0, 0.1) is 6.92 Å². The molecular weight excluding hydrogens is 218 g/mol. The lowest BCUT2D eigenvalue weighted by molar-refractivity contribution is 0.692. The molecule has 0 amide bonds. The van der Waals surface area contributed by atoms with E-state index < -0.39 is 0 Å². The topological polar surface area (TPSA) is 12.0 Å². The third-order valence-electron chi connectivity index (χ3n) is 2.83. The number of hydrogen-bond acceptors (Lipinski definition) is 1. The highest BCUT2D eigenvalue weighted by molar-refractivity contribution is 5.33. The van der Waals surface area contributed by atoms with Crippen molar-refractivity contribution < 1.29 is 0 Å². The normalized spacial score (nSPS) is 11.3. The van der Waals surface area contributed by atoms with Crippen molar-refractivity contribution in [2.24, 2.45) is 0 Å². The second-order valence-corrected chi connectivity index (χ2v) is 4.04. The molecule has 2 aromatic rings. The monoisotopic (exact) mass is 241 g/mol. The molecule has 1 N–H and O–H groups in total. The standard InChI is InChI=1S/C15H17N.C2H6/c1-12-8-10-14(11-9-12)15(16-2)13-6-4-3-5-7-13;1-2/h3-11,15-16H,1-2H3;1-2H3. The van der Waals surface area contributed by atoms with Crippen LogP contribution in [0.1, 0.15) is 36.6 Å². The average Bonchev–Trinajstić information content (AvgIpc) is 2.45. The summed E-state index contributed by atoms with van der Waals surface area (Å²) in [7, 11) is 2.00. The summed E-state index contributed by atoms with van der Waals surface area (Å²) >= 11 is 0. The third-order valence-corrected chi connectivity index (χ3v) is 2.83. The van der Waals surface area contributed by atoms with Gasteiger partial charge in [0.25, 0.3) is 0 Å². The maximum atomic E-state index is 3.35. The second-order valence-electron chi connectivity index (χ2n) is 4.04. The van der Waals surface area contributed by atoms with Crippen LogP contribution in [0.2, 0.25) is 0 Å². The summed E-state index contributed by atoms with van der Waals surface area (Å²) in [5, 5.41) is 3.35. The van der Waals surface area contributed by atoms with Gasteiger partial charge in [0.1, 0.15) is 0 Å². The van der Waals surface area contributed by atoms with E-state index in [9.17, 15) is 0 Å². The Balaban J connectivity index is 0.000000771. The van der Waals surface area contributed by atoms with Gasteiger partial charge in [0.15, 0.2) is 0 Å². The van der Waals surface area contributed by atoms with Crippen molar-refractivity contribution in [2.45, 2.75) is 26.8 Å². The molecule has 0 aliphatic heterocycles. The van der Waals surface area contributed by atoms with Gasteiger partial charge in [-0.2, -0.15) is 0 Å². The van der Waals surface area contributed by atoms with E-state index >= 15 is 0 Å². The summed E-state index contributed by atoms with van der Waals surface area (Å²) in [6, 6.07) is 19.5. The number of hydrogen-bond donors (Lipinski definition) is 1. The molecule has 1 atom stereocenters. The van der Waals surface area contributed by atoms with Crippen LogP contribution in [0.5, 0.6) is 0 Å². The lowest BCUT2D eigenvalue weighted by Crippen LogP contribution is -2.17. The van der Waals surface area contributed by atoms with E-state index in [0.29, 0.717) is 0 Å². The summed E-state index contributed by atoms with van der Waals surface area (Å²) in [5.41, 5.74) is 3.90. The first-order valence-electron chi connectivity index (χ1n) is 6.60. The van der Waals surface area contributed by atoms with Gasteiger partial charge in [-0.1, -0.05) is 74.0 Å². The molecule has 0 aromatic heterocycles. The Kier molecular flexibility index (Phi) is 6.16. The molecule has 0 saturated carbocycles. The van der Waals surface area contributed by atoms with E-state index in [1.807, 2.05) is 27.0 Å². The van der Waals surface area contributed by atoms with Crippen LogP contribution >= 0.6 is 0 Å². The van der Waals surface area contributed by atoms with Gasteiger partial charge >= 0.3 is 0 Å². The molecule has 0 saturated heterocycles. The van der Waals surface area contributed by atoms with Gasteiger partial charge in [0.05, 0.1) is 6.04 Å². The first-order valence-corrected chi connectivity index (χ1v) is 6.60. The van der Waals surface area contributed by atoms with Gasteiger partial charge in [-0.25, -0.2) is 0 Å². The molecule has 0 spiro atoms. The largest absolute Gasteiger partial charge is 0.309 e. The number of rotatable bonds is 3. The second kappa shape index (κ2) is 7.67. The van der Waals surface area contributed by atoms with Crippen molar-refractivity contribution in [3.05, 3.63) is 71.3 Å². The Morgan fingerprint density at radius 1 is 0.778 bits per heavy atom. The predicted octanol–water partition coefficient (Wildman–Crippen LogP) is 4.33. The maximum Gasteiger partial charge on any atom is 0.0574 e. The number of benzene rings is 2. The minimum atomic E-state index is 0.279. The van der Waals surface area contributed by atoms with Crippen molar-refractivity contribution >= 4 is 0 Å². The van der Waals surface area contributed by atoms with Gasteiger partial charge in [0.2, 0.25) is 0 Å². The average molecular weight is 241 g/mol. The molecule has 1 heteroatoms. The molecule has 2 aromatic carbocycles. The fourth-order valence-electron chi connectivity index (χ4n) is 1.93. The summed E-state index contributed by atoms with van der Waals surface area (Å²) in [4.78, 5) is 0. The molecule has 0 heterocycles. The molecule has 96 valence electrons. The summed E-state index contributed by atoms with van der Waals surface area (Å²) in [6.07, 6.45) is 0. The Hall–Kier alpha value is -1.60. The molecule has 0 aliphatic rings. The Morgan fingerprint density at radius 3 is 1.78 bits per heavy atom. The molecule has 0 bridgehead atoms. The molecule has 1 unspecified atom stereocenters. The molecule has 18 heavy (non-hydrogen) atoms. The van der Waals surface area contributed by atoms with Gasteiger partial charge < -0.3 is 5.32 Å². The first-order chi connectivity index (χ1) is 8.81. The third kappa shape index (κ3) is 3.71. The van der Waals surface area contributed by atoms with Gasteiger partial charge in [-0.05, 0) is 25.1 Å². The lowest BCUT2D eigenvalue weighted by atomic mass is 9.98. The van der Waals surface area contributed by atoms with Crippen LogP contribution in [0.4, 0.5) is 0 Å². The van der Waals surface area contributed by atoms with Crippen LogP contribution in [0.15, 0.2) is 54.6 Å². The van der Waals surface area contributed by atoms with E-state index in [1.54, 1.807) is 0 Å². The van der Waals surface area contributed by atoms with E-state index in [-0.39, 0.29) is 6.04 Å². The van der Waals surface area contributed by atoms with E-state index in [4.69, 9.17) is 0 Å². The van der Waals surface area contributed by atoms with Gasteiger partial charge in [-0.15, -0.1) is 0 Å². The number of nitrogens with one attached hydrogen (secondary N) is 1. The van der Waals surface area contributed by atoms with Crippen LogP contribution in [-0.2, 0) is 0 Å². The van der Waals surface area contributed by atoms with Crippen LogP contribution in [0.3, 0.4) is 0 Å². The van der Waals surface area contributed by atoms with Gasteiger partial charge in [0, 0.05) is 0 Å². The Morgan fingerprint density at radius 2 is 1.28 bits per heavy atom. The summed E-state index contributed by atoms with van der Waals surface area (Å²) in [5.74, 6) is 0. The van der Waals surface area contributed by atoms with Crippen molar-refractivity contribution in [1.29, 1.82) is 0 Å². The fourth-order valence-corrected chi connectivity index (χ4v) is 1.93. The Labute approximate surface area is 111 Å². The zero-order chi connectivity index (χ0) is 13.4. The SMILES string of the molecule is CC.CNC(c1ccccc1)c1ccc(C)cc1. The molecule has 1 nitrogen and oxygen atoms in total. The van der Waals surface area contributed by atoms with Crippen LogP contribution < -0.4 is 5.32 Å². The van der Waals surface area contributed by atoms with Crippen LogP contribution in [0.25, 0.3) is 0 Å². The summed E-state index contributed by atoms with van der Waals surface area (Å²) in [6.45, 7) is 6.11. The highest BCUT2D eigenvalue weighted by Gasteiger charge is 2.10. The number of aryl methyl sites for hydroxylation is 1. The molecule has 0 fully saturated rings.